The molecule has 0 radical (unpaired) electrons. The van der Waals surface area contributed by atoms with Crippen LogP contribution in [0, 0.1) is 5.41 Å². The van der Waals surface area contributed by atoms with Gasteiger partial charge in [0.15, 0.2) is 0 Å². The smallest absolute Gasteiger partial charge is 0.279 e. The predicted octanol–water partition coefficient (Wildman–Crippen LogP) is -0.133. The van der Waals surface area contributed by atoms with Gasteiger partial charge in [-0.05, 0) is 44.8 Å². The first-order chi connectivity index (χ1) is 8.79. The van der Waals surface area contributed by atoms with Gasteiger partial charge in [0.05, 0.1) is 0 Å². The van der Waals surface area contributed by atoms with Crippen LogP contribution in [-0.2, 0) is 10.2 Å². The topological polar surface area (TPSA) is 72.9 Å². The van der Waals surface area contributed by atoms with E-state index in [1.165, 1.54) is 11.4 Å². The van der Waals surface area contributed by atoms with Gasteiger partial charge in [0, 0.05) is 26.7 Å². The third-order valence-electron chi connectivity index (χ3n) is 3.92. The van der Waals surface area contributed by atoms with Gasteiger partial charge in [-0.2, -0.15) is 12.7 Å². The lowest BCUT2D eigenvalue weighted by Gasteiger charge is -2.38. The molecule has 0 aromatic heterocycles. The van der Waals surface area contributed by atoms with E-state index in [4.69, 9.17) is 5.11 Å². The Morgan fingerprint density at radius 2 is 1.95 bits per heavy atom. The van der Waals surface area contributed by atoms with Gasteiger partial charge in [0.2, 0.25) is 0 Å². The van der Waals surface area contributed by atoms with E-state index in [0.717, 1.165) is 25.9 Å². The zero-order chi connectivity index (χ0) is 14.5. The number of nitrogens with one attached hydrogen (secondary N) is 1. The van der Waals surface area contributed by atoms with Crippen LogP contribution >= 0.6 is 0 Å². The number of aliphatic hydroxyl groups excluding tert-OH is 1. The summed E-state index contributed by atoms with van der Waals surface area (Å²) in [5.74, 6) is 0. The van der Waals surface area contributed by atoms with E-state index < -0.39 is 10.2 Å². The summed E-state index contributed by atoms with van der Waals surface area (Å²) in [5, 5.41) is 8.73. The molecule has 0 aliphatic carbocycles. The SMILES string of the molecule is CN1CCC(C)(CNS(=O)(=O)N(C)CCCO)CC1. The third-order valence-corrected chi connectivity index (χ3v) is 5.43. The molecule has 0 bridgehead atoms. The number of hydrogen-bond acceptors (Lipinski definition) is 4. The van der Waals surface area contributed by atoms with Crippen LogP contribution in [0.2, 0.25) is 0 Å². The number of nitrogens with zero attached hydrogens (tertiary/aromatic N) is 2. The molecule has 0 aromatic carbocycles. The van der Waals surface area contributed by atoms with Gasteiger partial charge in [-0.3, -0.25) is 0 Å². The second kappa shape index (κ2) is 6.99. The molecule has 2 N–H and O–H groups in total. The Morgan fingerprint density at radius 1 is 1.37 bits per heavy atom. The molecular weight excluding hydrogens is 266 g/mol. The fourth-order valence-corrected chi connectivity index (χ4v) is 3.25. The molecule has 114 valence electrons. The average Bonchev–Trinajstić information content (AvgIpc) is 2.38. The van der Waals surface area contributed by atoms with Crippen molar-refractivity contribution in [1.82, 2.24) is 13.9 Å². The second-order valence-corrected chi connectivity index (χ2v) is 7.70. The van der Waals surface area contributed by atoms with Gasteiger partial charge in [-0.25, -0.2) is 4.72 Å². The zero-order valence-corrected chi connectivity index (χ0v) is 13.0. The van der Waals surface area contributed by atoms with Gasteiger partial charge in [0.25, 0.3) is 10.2 Å². The molecule has 7 heteroatoms. The van der Waals surface area contributed by atoms with Crippen molar-refractivity contribution in [1.29, 1.82) is 0 Å². The Balaban J connectivity index is 2.46. The summed E-state index contributed by atoms with van der Waals surface area (Å²) < 4.78 is 28.0. The van der Waals surface area contributed by atoms with E-state index in [0.29, 0.717) is 19.5 Å². The standard InChI is InChI=1S/C12H27N3O3S/c1-12(5-8-14(2)9-6-12)11-13-19(17,18)15(3)7-4-10-16/h13,16H,4-11H2,1-3H3. The maximum absolute atomic E-state index is 12.0. The molecule has 1 saturated heterocycles. The first kappa shape index (κ1) is 16.8. The molecule has 6 nitrogen and oxygen atoms in total. The molecular formula is C12H27N3O3S. The number of likely N-dealkylation sites (tertiary alicyclic amines) is 1. The van der Waals surface area contributed by atoms with Crippen molar-refractivity contribution in [3.63, 3.8) is 0 Å². The number of aliphatic hydroxyl groups is 1. The molecule has 1 heterocycles. The van der Waals surface area contributed by atoms with Crippen LogP contribution in [0.25, 0.3) is 0 Å². The van der Waals surface area contributed by atoms with E-state index in [2.05, 4.69) is 23.6 Å². The maximum atomic E-state index is 12.0. The normalized spacial score (nSPS) is 20.9. The highest BCUT2D eigenvalue weighted by Gasteiger charge is 2.30. The van der Waals surface area contributed by atoms with Gasteiger partial charge in [0.1, 0.15) is 0 Å². The first-order valence-electron chi connectivity index (χ1n) is 6.79. The van der Waals surface area contributed by atoms with E-state index in [1.54, 1.807) is 0 Å². The third kappa shape index (κ3) is 5.35. The Labute approximate surface area is 117 Å². The van der Waals surface area contributed by atoms with Crippen LogP contribution in [0.3, 0.4) is 0 Å². The predicted molar refractivity (Wildman–Crippen MR) is 76.1 cm³/mol. The van der Waals surface area contributed by atoms with Crippen molar-refractivity contribution in [2.45, 2.75) is 26.2 Å². The molecule has 0 amide bonds. The second-order valence-electron chi connectivity index (χ2n) is 5.84. The number of hydrogen-bond donors (Lipinski definition) is 2. The molecule has 1 rings (SSSR count). The molecule has 0 saturated carbocycles. The Hall–Kier alpha value is -0.210. The molecule has 1 aliphatic heterocycles. The van der Waals surface area contributed by atoms with Crippen molar-refractivity contribution >= 4 is 10.2 Å². The molecule has 0 spiro atoms. The summed E-state index contributed by atoms with van der Waals surface area (Å²) in [4.78, 5) is 2.27. The van der Waals surface area contributed by atoms with Crippen molar-refractivity contribution in [2.24, 2.45) is 5.41 Å². The van der Waals surface area contributed by atoms with Gasteiger partial charge >= 0.3 is 0 Å². The minimum Gasteiger partial charge on any atom is -0.396 e. The van der Waals surface area contributed by atoms with Crippen molar-refractivity contribution in [3.8, 4) is 0 Å². The monoisotopic (exact) mass is 293 g/mol. The van der Waals surface area contributed by atoms with Crippen molar-refractivity contribution < 1.29 is 13.5 Å². The van der Waals surface area contributed by atoms with E-state index in [1.807, 2.05) is 0 Å². The highest BCUT2D eigenvalue weighted by molar-refractivity contribution is 7.87. The molecule has 0 atom stereocenters. The molecule has 1 fully saturated rings. The molecule has 19 heavy (non-hydrogen) atoms. The zero-order valence-electron chi connectivity index (χ0n) is 12.2. The minimum absolute atomic E-state index is 0.00388. The minimum atomic E-state index is -3.42. The average molecular weight is 293 g/mol. The maximum Gasteiger partial charge on any atom is 0.279 e. The lowest BCUT2D eigenvalue weighted by molar-refractivity contribution is 0.142. The van der Waals surface area contributed by atoms with Crippen LogP contribution in [0.4, 0.5) is 0 Å². The fourth-order valence-electron chi connectivity index (χ4n) is 2.12. The highest BCUT2D eigenvalue weighted by Crippen LogP contribution is 2.29. The Morgan fingerprint density at radius 3 is 2.47 bits per heavy atom. The van der Waals surface area contributed by atoms with Crippen LogP contribution < -0.4 is 4.72 Å². The fraction of sp³-hybridized carbons (Fsp3) is 1.00. The van der Waals surface area contributed by atoms with E-state index >= 15 is 0 Å². The van der Waals surface area contributed by atoms with E-state index in [9.17, 15) is 8.42 Å². The summed E-state index contributed by atoms with van der Waals surface area (Å²) in [6.45, 7) is 4.98. The van der Waals surface area contributed by atoms with Crippen LogP contribution in [0.1, 0.15) is 26.2 Å². The van der Waals surface area contributed by atoms with Crippen LogP contribution in [0.15, 0.2) is 0 Å². The highest BCUT2D eigenvalue weighted by atomic mass is 32.2. The lowest BCUT2D eigenvalue weighted by atomic mass is 9.81. The summed E-state index contributed by atoms with van der Waals surface area (Å²) in [7, 11) is 0.201. The summed E-state index contributed by atoms with van der Waals surface area (Å²) in [6.07, 6.45) is 2.47. The Bertz CT molecular complexity index is 364. The summed E-state index contributed by atoms with van der Waals surface area (Å²) in [6, 6.07) is 0. The van der Waals surface area contributed by atoms with Gasteiger partial charge < -0.3 is 10.0 Å². The van der Waals surface area contributed by atoms with Gasteiger partial charge in [-0.15, -0.1) is 0 Å². The summed E-state index contributed by atoms with van der Waals surface area (Å²) >= 11 is 0. The first-order valence-corrected chi connectivity index (χ1v) is 8.23. The number of rotatable bonds is 7. The Kier molecular flexibility index (Phi) is 6.19. The lowest BCUT2D eigenvalue weighted by Crippen LogP contribution is -2.47. The van der Waals surface area contributed by atoms with Crippen molar-refractivity contribution in [3.05, 3.63) is 0 Å². The van der Waals surface area contributed by atoms with Gasteiger partial charge in [-0.1, -0.05) is 6.92 Å². The quantitative estimate of drug-likeness (QED) is 0.686. The van der Waals surface area contributed by atoms with Crippen LogP contribution in [-0.4, -0.2) is 69.6 Å². The van der Waals surface area contributed by atoms with Crippen molar-refractivity contribution in [2.75, 3.05) is 46.9 Å². The number of piperidine rings is 1. The van der Waals surface area contributed by atoms with E-state index in [-0.39, 0.29) is 12.0 Å². The molecule has 0 aromatic rings. The van der Waals surface area contributed by atoms with Crippen LogP contribution in [0.5, 0.6) is 0 Å². The largest absolute Gasteiger partial charge is 0.396 e. The molecule has 0 unspecified atom stereocenters. The summed E-state index contributed by atoms with van der Waals surface area (Å²) in [5.41, 5.74) is 0.0391. The molecule has 1 aliphatic rings.